The molecule has 0 amide bonds. The molecule has 0 heterocycles. The molecule has 2 aromatic rings. The van der Waals surface area contributed by atoms with E-state index in [1.807, 2.05) is 31.2 Å². The predicted molar refractivity (Wildman–Crippen MR) is 70.2 cm³/mol. The lowest BCUT2D eigenvalue weighted by molar-refractivity contribution is 0.506. The first-order valence-electron chi connectivity index (χ1n) is 5.92. The van der Waals surface area contributed by atoms with Crippen LogP contribution in [-0.4, -0.2) is 0 Å². The molecule has 0 aliphatic carbocycles. The maximum atomic E-state index is 13.7. The molecule has 1 nitrogen and oxygen atoms in total. The SMILES string of the molecule is CCc1cccc(Nc2ccc(C)c(F)c2F)c1. The molecular formula is C15H15F2N. The first kappa shape index (κ1) is 12.6. The van der Waals surface area contributed by atoms with E-state index in [0.717, 1.165) is 17.7 Å². The van der Waals surface area contributed by atoms with E-state index in [-0.39, 0.29) is 5.69 Å². The van der Waals surface area contributed by atoms with Gasteiger partial charge in [-0.3, -0.25) is 0 Å². The average molecular weight is 247 g/mol. The molecule has 0 fully saturated rings. The lowest BCUT2D eigenvalue weighted by Gasteiger charge is -2.10. The van der Waals surface area contributed by atoms with Crippen LogP contribution in [0.3, 0.4) is 0 Å². The second-order valence-corrected chi connectivity index (χ2v) is 4.24. The van der Waals surface area contributed by atoms with Crippen molar-refractivity contribution in [2.24, 2.45) is 0 Å². The highest BCUT2D eigenvalue weighted by molar-refractivity contribution is 5.61. The summed E-state index contributed by atoms with van der Waals surface area (Å²) in [6.07, 6.45) is 0.903. The molecule has 0 radical (unpaired) electrons. The summed E-state index contributed by atoms with van der Waals surface area (Å²) in [5.74, 6) is -1.64. The minimum atomic E-state index is -0.836. The Balaban J connectivity index is 2.31. The van der Waals surface area contributed by atoms with Gasteiger partial charge in [0.2, 0.25) is 0 Å². The van der Waals surface area contributed by atoms with Crippen LogP contribution in [0.2, 0.25) is 0 Å². The Morgan fingerprint density at radius 3 is 2.56 bits per heavy atom. The van der Waals surface area contributed by atoms with Gasteiger partial charge in [-0.2, -0.15) is 0 Å². The minimum Gasteiger partial charge on any atom is -0.353 e. The summed E-state index contributed by atoms with van der Waals surface area (Å²) >= 11 is 0. The summed E-state index contributed by atoms with van der Waals surface area (Å²) < 4.78 is 27.1. The monoisotopic (exact) mass is 247 g/mol. The van der Waals surface area contributed by atoms with E-state index < -0.39 is 11.6 Å². The largest absolute Gasteiger partial charge is 0.353 e. The number of hydrogen-bond donors (Lipinski definition) is 1. The third kappa shape index (κ3) is 2.50. The molecule has 0 saturated heterocycles. The maximum Gasteiger partial charge on any atom is 0.182 e. The van der Waals surface area contributed by atoms with Gasteiger partial charge in [0.1, 0.15) is 0 Å². The number of aryl methyl sites for hydroxylation is 2. The molecule has 0 atom stereocenters. The molecule has 0 saturated carbocycles. The van der Waals surface area contributed by atoms with Gasteiger partial charge in [0.15, 0.2) is 11.6 Å². The Hall–Kier alpha value is -1.90. The first-order valence-corrected chi connectivity index (χ1v) is 5.92. The van der Waals surface area contributed by atoms with E-state index in [1.54, 1.807) is 19.1 Å². The second kappa shape index (κ2) is 5.17. The highest BCUT2D eigenvalue weighted by atomic mass is 19.2. The molecular weight excluding hydrogens is 232 g/mol. The zero-order valence-corrected chi connectivity index (χ0v) is 10.4. The van der Waals surface area contributed by atoms with Crippen molar-refractivity contribution in [3.63, 3.8) is 0 Å². The van der Waals surface area contributed by atoms with E-state index >= 15 is 0 Å². The summed E-state index contributed by atoms with van der Waals surface area (Å²) in [5.41, 5.74) is 2.37. The van der Waals surface area contributed by atoms with Crippen molar-refractivity contribution in [2.45, 2.75) is 20.3 Å². The van der Waals surface area contributed by atoms with Crippen LogP contribution in [0.4, 0.5) is 20.2 Å². The van der Waals surface area contributed by atoms with Crippen LogP contribution in [0, 0.1) is 18.6 Å². The molecule has 0 aliphatic heterocycles. The third-order valence-electron chi connectivity index (χ3n) is 2.89. The lowest BCUT2D eigenvalue weighted by Crippen LogP contribution is -1.98. The molecule has 1 N–H and O–H groups in total. The molecule has 0 bridgehead atoms. The molecule has 3 heteroatoms. The number of anilines is 2. The molecule has 0 aromatic heterocycles. The lowest BCUT2D eigenvalue weighted by atomic mass is 10.1. The van der Waals surface area contributed by atoms with Crippen LogP contribution in [0.25, 0.3) is 0 Å². The number of benzene rings is 2. The molecule has 0 spiro atoms. The second-order valence-electron chi connectivity index (χ2n) is 4.24. The zero-order chi connectivity index (χ0) is 13.1. The van der Waals surface area contributed by atoms with Crippen molar-refractivity contribution in [1.82, 2.24) is 0 Å². The first-order chi connectivity index (χ1) is 8.61. The number of nitrogens with one attached hydrogen (secondary N) is 1. The summed E-state index contributed by atoms with van der Waals surface area (Å²) in [4.78, 5) is 0. The van der Waals surface area contributed by atoms with E-state index in [2.05, 4.69) is 5.32 Å². The van der Waals surface area contributed by atoms with Gasteiger partial charge in [0.05, 0.1) is 5.69 Å². The average Bonchev–Trinajstić information content (AvgIpc) is 2.40. The van der Waals surface area contributed by atoms with Crippen molar-refractivity contribution in [1.29, 1.82) is 0 Å². The van der Waals surface area contributed by atoms with Crippen LogP contribution < -0.4 is 5.32 Å². The number of hydrogen-bond acceptors (Lipinski definition) is 1. The highest BCUT2D eigenvalue weighted by Gasteiger charge is 2.10. The Bertz CT molecular complexity index is 564. The van der Waals surface area contributed by atoms with Gasteiger partial charge in [-0.15, -0.1) is 0 Å². The fourth-order valence-corrected chi connectivity index (χ4v) is 1.77. The highest BCUT2D eigenvalue weighted by Crippen LogP contribution is 2.24. The number of halogens is 2. The Morgan fingerprint density at radius 2 is 1.83 bits per heavy atom. The van der Waals surface area contributed by atoms with Gasteiger partial charge in [0.25, 0.3) is 0 Å². The third-order valence-corrected chi connectivity index (χ3v) is 2.89. The molecule has 0 aliphatic rings. The van der Waals surface area contributed by atoms with Crippen molar-refractivity contribution in [3.05, 3.63) is 59.2 Å². The van der Waals surface area contributed by atoms with Gasteiger partial charge >= 0.3 is 0 Å². The quantitative estimate of drug-likeness (QED) is 0.837. The van der Waals surface area contributed by atoms with Crippen LogP contribution >= 0.6 is 0 Å². The summed E-state index contributed by atoms with van der Waals surface area (Å²) in [6, 6.07) is 10.8. The van der Waals surface area contributed by atoms with E-state index in [9.17, 15) is 8.78 Å². The number of rotatable bonds is 3. The Labute approximate surface area is 105 Å². The summed E-state index contributed by atoms with van der Waals surface area (Å²) in [7, 11) is 0. The smallest absolute Gasteiger partial charge is 0.182 e. The molecule has 2 rings (SSSR count). The van der Waals surface area contributed by atoms with Crippen LogP contribution in [0.1, 0.15) is 18.1 Å². The van der Waals surface area contributed by atoms with Gasteiger partial charge in [-0.25, -0.2) is 8.78 Å². The zero-order valence-electron chi connectivity index (χ0n) is 10.4. The van der Waals surface area contributed by atoms with Crippen LogP contribution in [-0.2, 0) is 6.42 Å². The fourth-order valence-electron chi connectivity index (χ4n) is 1.77. The fraction of sp³-hybridized carbons (Fsp3) is 0.200. The standard InChI is InChI=1S/C15H15F2N/c1-3-11-5-4-6-12(9-11)18-13-8-7-10(2)14(16)15(13)17/h4-9,18H,3H2,1-2H3. The van der Waals surface area contributed by atoms with Crippen molar-refractivity contribution in [2.75, 3.05) is 5.32 Å². The normalized spacial score (nSPS) is 10.4. The Kier molecular flexibility index (Phi) is 3.60. The molecule has 2 aromatic carbocycles. The van der Waals surface area contributed by atoms with Crippen molar-refractivity contribution < 1.29 is 8.78 Å². The maximum absolute atomic E-state index is 13.7. The van der Waals surface area contributed by atoms with Gasteiger partial charge < -0.3 is 5.32 Å². The molecule has 94 valence electrons. The minimum absolute atomic E-state index is 0.159. The predicted octanol–water partition coefficient (Wildman–Crippen LogP) is 4.58. The van der Waals surface area contributed by atoms with Crippen LogP contribution in [0.5, 0.6) is 0 Å². The van der Waals surface area contributed by atoms with Crippen molar-refractivity contribution >= 4 is 11.4 Å². The van der Waals surface area contributed by atoms with E-state index in [1.165, 1.54) is 0 Å². The molecule has 0 unspecified atom stereocenters. The van der Waals surface area contributed by atoms with Crippen LogP contribution in [0.15, 0.2) is 36.4 Å². The Morgan fingerprint density at radius 1 is 1.06 bits per heavy atom. The van der Waals surface area contributed by atoms with Gasteiger partial charge in [0, 0.05) is 5.69 Å². The van der Waals surface area contributed by atoms with Gasteiger partial charge in [-0.1, -0.05) is 25.1 Å². The topological polar surface area (TPSA) is 12.0 Å². The van der Waals surface area contributed by atoms with E-state index in [4.69, 9.17) is 0 Å². The molecule has 18 heavy (non-hydrogen) atoms. The van der Waals surface area contributed by atoms with E-state index in [0.29, 0.717) is 5.56 Å². The summed E-state index contributed by atoms with van der Waals surface area (Å²) in [6.45, 7) is 3.59. The van der Waals surface area contributed by atoms with Gasteiger partial charge in [-0.05, 0) is 42.7 Å². The summed E-state index contributed by atoms with van der Waals surface area (Å²) in [5, 5.41) is 2.90. The van der Waals surface area contributed by atoms with Crippen molar-refractivity contribution in [3.8, 4) is 0 Å².